The monoisotopic (exact) mass is 212 g/mol. The third kappa shape index (κ3) is 13.2. The van der Waals surface area contributed by atoms with Crippen LogP contribution in [0.25, 0.3) is 0 Å². The van der Waals surface area contributed by atoms with Crippen LogP contribution in [0.4, 0.5) is 0 Å². The zero-order valence-corrected chi connectivity index (χ0v) is 8.51. The van der Waals surface area contributed by atoms with Gasteiger partial charge >= 0.3 is 0 Å². The van der Waals surface area contributed by atoms with Gasteiger partial charge in [-0.2, -0.15) is 0 Å². The van der Waals surface area contributed by atoms with E-state index in [0.717, 1.165) is 0 Å². The SMILES string of the molecule is C.C.C.CC.CCCCc1ccccc1. The highest BCUT2D eigenvalue weighted by Crippen LogP contribution is 2.03. The molecule has 0 fully saturated rings. The van der Waals surface area contributed by atoms with Crippen molar-refractivity contribution in [2.45, 2.75) is 62.3 Å². The van der Waals surface area contributed by atoms with E-state index in [9.17, 15) is 0 Å². The molecular weight excluding hydrogens is 180 g/mol. The van der Waals surface area contributed by atoms with E-state index < -0.39 is 0 Å². The van der Waals surface area contributed by atoms with Gasteiger partial charge in [-0.25, -0.2) is 0 Å². The van der Waals surface area contributed by atoms with Crippen LogP contribution < -0.4 is 0 Å². The first-order valence-corrected chi connectivity index (χ1v) is 4.97. The van der Waals surface area contributed by atoms with Crippen molar-refractivity contribution in [1.29, 1.82) is 0 Å². The van der Waals surface area contributed by atoms with Crippen LogP contribution in [0.5, 0.6) is 0 Å². The van der Waals surface area contributed by atoms with Crippen molar-refractivity contribution < 1.29 is 0 Å². The molecule has 15 heavy (non-hydrogen) atoms. The van der Waals surface area contributed by atoms with Gasteiger partial charge in [0.15, 0.2) is 0 Å². The molecule has 0 saturated heterocycles. The van der Waals surface area contributed by atoms with Crippen molar-refractivity contribution in [3.8, 4) is 0 Å². The third-order valence-corrected chi connectivity index (χ3v) is 1.66. The summed E-state index contributed by atoms with van der Waals surface area (Å²) in [5.41, 5.74) is 1.46. The highest BCUT2D eigenvalue weighted by atomic mass is 13.9. The fraction of sp³-hybridized carbons (Fsp3) is 0.600. The van der Waals surface area contributed by atoms with Gasteiger partial charge in [-0.05, 0) is 18.4 Å². The Hall–Kier alpha value is -0.780. The molecule has 1 rings (SSSR count). The quantitative estimate of drug-likeness (QED) is 0.579. The lowest BCUT2D eigenvalue weighted by Gasteiger charge is -1.96. The summed E-state index contributed by atoms with van der Waals surface area (Å²) in [5, 5.41) is 0. The van der Waals surface area contributed by atoms with Gasteiger partial charge in [0, 0.05) is 0 Å². The van der Waals surface area contributed by atoms with Gasteiger partial charge < -0.3 is 0 Å². The van der Waals surface area contributed by atoms with Crippen molar-refractivity contribution in [3.63, 3.8) is 0 Å². The lowest BCUT2D eigenvalue weighted by molar-refractivity contribution is 0.795. The fourth-order valence-corrected chi connectivity index (χ4v) is 1.03. The van der Waals surface area contributed by atoms with Crippen LogP contribution in [-0.4, -0.2) is 0 Å². The molecule has 0 spiro atoms. The highest BCUT2D eigenvalue weighted by molar-refractivity contribution is 5.14. The Morgan fingerprint density at radius 3 is 1.73 bits per heavy atom. The summed E-state index contributed by atoms with van der Waals surface area (Å²) >= 11 is 0. The molecule has 92 valence electrons. The van der Waals surface area contributed by atoms with E-state index in [0.29, 0.717) is 0 Å². The first kappa shape index (κ1) is 23.8. The zero-order chi connectivity index (χ0) is 9.23. The Kier molecular flexibility index (Phi) is 30.0. The number of aryl methyl sites for hydroxylation is 1. The second-order valence-electron chi connectivity index (χ2n) is 2.59. The van der Waals surface area contributed by atoms with Crippen LogP contribution in [0.3, 0.4) is 0 Å². The second kappa shape index (κ2) is 18.9. The van der Waals surface area contributed by atoms with Crippen LogP contribution in [0.2, 0.25) is 0 Å². The molecule has 0 bridgehead atoms. The van der Waals surface area contributed by atoms with E-state index in [-0.39, 0.29) is 22.3 Å². The summed E-state index contributed by atoms with van der Waals surface area (Å²) in [4.78, 5) is 0. The summed E-state index contributed by atoms with van der Waals surface area (Å²) in [7, 11) is 0. The molecule has 1 aromatic carbocycles. The van der Waals surface area contributed by atoms with Crippen molar-refractivity contribution >= 4 is 0 Å². The Balaban J connectivity index is -0.000000114. The number of benzene rings is 1. The number of hydrogen-bond acceptors (Lipinski definition) is 0. The highest BCUT2D eigenvalue weighted by Gasteiger charge is 1.87. The zero-order valence-electron chi connectivity index (χ0n) is 8.51. The van der Waals surface area contributed by atoms with Gasteiger partial charge in [0.2, 0.25) is 0 Å². The van der Waals surface area contributed by atoms with E-state index in [2.05, 4.69) is 37.3 Å². The number of rotatable bonds is 3. The van der Waals surface area contributed by atoms with Crippen LogP contribution in [0.15, 0.2) is 30.3 Å². The van der Waals surface area contributed by atoms with Gasteiger partial charge in [0.25, 0.3) is 0 Å². The molecule has 1 aromatic rings. The van der Waals surface area contributed by atoms with Crippen molar-refractivity contribution in [2.24, 2.45) is 0 Å². The minimum absolute atomic E-state index is 0. The third-order valence-electron chi connectivity index (χ3n) is 1.66. The van der Waals surface area contributed by atoms with Crippen LogP contribution >= 0.6 is 0 Å². The predicted molar refractivity (Wildman–Crippen MR) is 76.6 cm³/mol. The van der Waals surface area contributed by atoms with Crippen LogP contribution in [0.1, 0.15) is 61.5 Å². The summed E-state index contributed by atoms with van der Waals surface area (Å²) in [6, 6.07) is 10.6. The lowest BCUT2D eigenvalue weighted by atomic mass is 10.1. The Morgan fingerprint density at radius 2 is 1.33 bits per heavy atom. The standard InChI is InChI=1S/C10H14.C2H6.3CH4/c1-2-3-7-10-8-5-4-6-9-10;1-2;;;/h4-6,8-9H,2-3,7H2,1H3;1-2H3;3*1H4. The molecule has 0 heteroatoms. The average Bonchev–Trinajstić information content (AvgIpc) is 2.19. The molecule has 0 heterocycles. The molecule has 0 amide bonds. The van der Waals surface area contributed by atoms with Gasteiger partial charge in [-0.1, -0.05) is 79.8 Å². The van der Waals surface area contributed by atoms with Gasteiger partial charge in [-0.15, -0.1) is 0 Å². The van der Waals surface area contributed by atoms with Gasteiger partial charge in [0.1, 0.15) is 0 Å². The molecule has 0 saturated carbocycles. The minimum Gasteiger partial charge on any atom is -0.0776 e. The maximum absolute atomic E-state index is 2.23. The summed E-state index contributed by atoms with van der Waals surface area (Å²) in [5.74, 6) is 0. The Bertz CT molecular complexity index is 165. The lowest BCUT2D eigenvalue weighted by Crippen LogP contribution is -1.81. The normalized spacial score (nSPS) is 6.87. The summed E-state index contributed by atoms with van der Waals surface area (Å²) in [6.45, 7) is 6.23. The first-order chi connectivity index (χ1) is 5.93. The molecule has 0 aliphatic rings. The Morgan fingerprint density at radius 1 is 0.867 bits per heavy atom. The number of unbranched alkanes of at least 4 members (excludes halogenated alkanes) is 1. The molecule has 0 atom stereocenters. The van der Waals surface area contributed by atoms with Crippen molar-refractivity contribution in [3.05, 3.63) is 35.9 Å². The van der Waals surface area contributed by atoms with E-state index in [1.54, 1.807) is 0 Å². The second-order valence-corrected chi connectivity index (χ2v) is 2.59. The van der Waals surface area contributed by atoms with Crippen molar-refractivity contribution in [2.75, 3.05) is 0 Å². The molecule has 0 nitrogen and oxygen atoms in total. The van der Waals surface area contributed by atoms with E-state index in [1.165, 1.54) is 24.8 Å². The fourth-order valence-electron chi connectivity index (χ4n) is 1.03. The molecule has 0 radical (unpaired) electrons. The van der Waals surface area contributed by atoms with E-state index in [4.69, 9.17) is 0 Å². The molecule has 0 aromatic heterocycles. The summed E-state index contributed by atoms with van der Waals surface area (Å²) in [6.07, 6.45) is 3.83. The maximum atomic E-state index is 2.23. The summed E-state index contributed by atoms with van der Waals surface area (Å²) < 4.78 is 0. The average molecular weight is 212 g/mol. The molecule has 0 unspecified atom stereocenters. The molecule has 0 N–H and O–H groups in total. The van der Waals surface area contributed by atoms with Gasteiger partial charge in [0.05, 0.1) is 0 Å². The predicted octanol–water partition coefficient (Wildman–Crippen LogP) is 5.96. The van der Waals surface area contributed by atoms with Crippen LogP contribution in [-0.2, 0) is 6.42 Å². The van der Waals surface area contributed by atoms with Crippen LogP contribution in [0, 0.1) is 0 Å². The first-order valence-electron chi connectivity index (χ1n) is 4.97. The maximum Gasteiger partial charge on any atom is -0.0279 e. The smallest absolute Gasteiger partial charge is 0.0279 e. The number of hydrogen-bond donors (Lipinski definition) is 0. The van der Waals surface area contributed by atoms with Crippen molar-refractivity contribution in [1.82, 2.24) is 0 Å². The van der Waals surface area contributed by atoms with E-state index in [1.807, 2.05) is 13.8 Å². The van der Waals surface area contributed by atoms with E-state index >= 15 is 0 Å². The van der Waals surface area contributed by atoms with Gasteiger partial charge in [-0.3, -0.25) is 0 Å². The largest absolute Gasteiger partial charge is 0.0776 e. The topological polar surface area (TPSA) is 0 Å². The Labute approximate surface area is 98.7 Å². The molecule has 0 aliphatic carbocycles. The molecule has 0 aliphatic heterocycles. The minimum atomic E-state index is 0. The molecular formula is C15H32.